The number of nitrogens with one attached hydrogen (secondary N) is 1. The Morgan fingerprint density at radius 2 is 1.91 bits per heavy atom. The molecule has 1 aromatic heterocycles. The molecule has 2 aliphatic rings. The van der Waals surface area contributed by atoms with Crippen LogP contribution in [-0.4, -0.2) is 29.4 Å². The van der Waals surface area contributed by atoms with Crippen LogP contribution in [0, 0.1) is 5.92 Å². The van der Waals surface area contributed by atoms with Gasteiger partial charge in [0.05, 0.1) is 11.0 Å². The Hall–Kier alpha value is -2.17. The summed E-state index contributed by atoms with van der Waals surface area (Å²) in [5, 5.41) is 2.94. The summed E-state index contributed by atoms with van der Waals surface area (Å²) < 4.78 is 39.9. The van der Waals surface area contributed by atoms with Crippen LogP contribution in [0.2, 0.25) is 0 Å². The lowest BCUT2D eigenvalue weighted by Crippen LogP contribution is -2.42. The molecule has 0 saturated heterocycles. The number of anilines is 1. The molecule has 2 amide bonds. The van der Waals surface area contributed by atoms with Crippen LogP contribution in [0.1, 0.15) is 66.6 Å². The predicted molar refractivity (Wildman–Crippen MR) is 132 cm³/mol. The molecule has 1 fully saturated rings. The lowest BCUT2D eigenvalue weighted by molar-refractivity contribution is -0.137. The molecule has 0 unspecified atom stereocenters. The number of carbonyl (C=O) groups excluding carboxylic acids is 2. The highest BCUT2D eigenvalue weighted by Crippen LogP contribution is 2.41. The second-order valence-electron chi connectivity index (χ2n) is 9.61. The van der Waals surface area contributed by atoms with Gasteiger partial charge in [0.15, 0.2) is 0 Å². The molecule has 0 spiro atoms. The fourth-order valence-corrected chi connectivity index (χ4v) is 5.57. The van der Waals surface area contributed by atoms with Gasteiger partial charge in [0.2, 0.25) is 5.91 Å². The third-order valence-corrected chi connectivity index (χ3v) is 7.77. The number of aromatic nitrogens is 1. The molecule has 5 nitrogen and oxygen atoms in total. The van der Waals surface area contributed by atoms with E-state index < -0.39 is 23.1 Å². The number of carbonyl (C=O) groups is 2. The molecular weight excluding hydrogens is 558 g/mol. The van der Waals surface area contributed by atoms with Crippen LogP contribution in [0.15, 0.2) is 36.5 Å². The monoisotopic (exact) mass is 585 g/mol. The van der Waals surface area contributed by atoms with Crippen LogP contribution >= 0.6 is 22.6 Å². The first kappa shape index (κ1) is 24.9. The molecule has 1 saturated carbocycles. The maximum atomic E-state index is 13.1. The van der Waals surface area contributed by atoms with E-state index in [0.29, 0.717) is 16.5 Å². The zero-order valence-electron chi connectivity index (χ0n) is 19.1. The summed E-state index contributed by atoms with van der Waals surface area (Å²) in [6, 6.07) is 7.03. The molecule has 182 valence electrons. The van der Waals surface area contributed by atoms with E-state index in [1.165, 1.54) is 6.07 Å². The summed E-state index contributed by atoms with van der Waals surface area (Å²) in [5.74, 6) is 0.589. The molecule has 1 aliphatic heterocycles. The van der Waals surface area contributed by atoms with Crippen molar-refractivity contribution in [3.05, 3.63) is 58.8 Å². The number of fused-ring (bicyclic) bond motifs is 1. The van der Waals surface area contributed by atoms with E-state index in [9.17, 15) is 22.8 Å². The summed E-state index contributed by atoms with van der Waals surface area (Å²) in [7, 11) is 0. The van der Waals surface area contributed by atoms with Crippen LogP contribution in [0.4, 0.5) is 19.0 Å². The summed E-state index contributed by atoms with van der Waals surface area (Å²) in [5.41, 5.74) is 0.186. The minimum absolute atomic E-state index is 0.0486. The summed E-state index contributed by atoms with van der Waals surface area (Å²) in [6.07, 6.45) is 0.277. The van der Waals surface area contributed by atoms with Gasteiger partial charge < -0.3 is 5.32 Å². The van der Waals surface area contributed by atoms with Gasteiger partial charge in [0, 0.05) is 34.3 Å². The predicted octanol–water partition coefficient (Wildman–Crippen LogP) is 5.65. The van der Waals surface area contributed by atoms with Gasteiger partial charge in [0.25, 0.3) is 5.91 Å². The Balaban J connectivity index is 1.38. The van der Waals surface area contributed by atoms with E-state index in [1.54, 1.807) is 11.1 Å². The van der Waals surface area contributed by atoms with E-state index in [4.69, 9.17) is 0 Å². The molecule has 34 heavy (non-hydrogen) atoms. The number of hydrogen-bond acceptors (Lipinski definition) is 3. The number of pyridine rings is 1. The summed E-state index contributed by atoms with van der Waals surface area (Å²) in [6.45, 7) is 4.42. The van der Waals surface area contributed by atoms with E-state index in [0.717, 1.165) is 49.2 Å². The molecule has 9 heteroatoms. The molecule has 4 rings (SSSR count). The number of rotatable bonds is 5. The van der Waals surface area contributed by atoms with E-state index in [-0.39, 0.29) is 23.4 Å². The van der Waals surface area contributed by atoms with E-state index in [2.05, 4.69) is 10.3 Å². The smallest absolute Gasteiger partial charge is 0.349 e. The van der Waals surface area contributed by atoms with Crippen molar-refractivity contribution in [1.29, 1.82) is 0 Å². The standard InChI is InChI=1S/C25H27F3IN3O2/c1-24(2)20-4-3-11-30-21(20)32(23(24)34)14-15-5-9-18(10-6-15)31-22(33)19-12-17(25(26,27)28)8-7-16(19)13-29/h3-4,7-8,11-12,15,18H,5-6,9-10,13-14H2,1-2H3,(H,31,33)/t15-,18-. The maximum absolute atomic E-state index is 13.1. The van der Waals surface area contributed by atoms with Crippen molar-refractivity contribution in [3.8, 4) is 0 Å². The highest BCUT2D eigenvalue weighted by molar-refractivity contribution is 14.1. The summed E-state index contributed by atoms with van der Waals surface area (Å²) >= 11 is 2.05. The zero-order valence-corrected chi connectivity index (χ0v) is 21.2. The molecule has 1 N–H and O–H groups in total. The van der Waals surface area contributed by atoms with Gasteiger partial charge in [-0.1, -0.05) is 34.7 Å². The Morgan fingerprint density at radius 1 is 1.21 bits per heavy atom. The van der Waals surface area contributed by atoms with Gasteiger partial charge >= 0.3 is 6.18 Å². The fraction of sp³-hybridized carbons (Fsp3) is 0.480. The SMILES string of the molecule is CC1(C)C(=O)N(C[C@H]2CC[C@H](NC(=O)c3cc(C(F)(F)F)ccc3CI)CC2)c2ncccc21. The molecule has 1 aromatic carbocycles. The molecule has 2 aromatic rings. The lowest BCUT2D eigenvalue weighted by Gasteiger charge is -2.32. The average molecular weight is 585 g/mol. The van der Waals surface area contributed by atoms with Crippen molar-refractivity contribution >= 4 is 40.2 Å². The maximum Gasteiger partial charge on any atom is 0.416 e. The van der Waals surface area contributed by atoms with Gasteiger partial charge in [-0.05, 0) is 69.2 Å². The van der Waals surface area contributed by atoms with Crippen molar-refractivity contribution in [3.63, 3.8) is 0 Å². The number of halogens is 4. The van der Waals surface area contributed by atoms with Crippen molar-refractivity contribution in [1.82, 2.24) is 10.3 Å². The van der Waals surface area contributed by atoms with Gasteiger partial charge in [0.1, 0.15) is 5.82 Å². The minimum Gasteiger partial charge on any atom is -0.349 e. The number of nitrogens with zero attached hydrogens (tertiary/aromatic N) is 2. The lowest BCUT2D eigenvalue weighted by atomic mass is 9.85. The second-order valence-corrected chi connectivity index (χ2v) is 10.4. The quantitative estimate of drug-likeness (QED) is 0.365. The van der Waals surface area contributed by atoms with Crippen LogP contribution in [-0.2, 0) is 20.8 Å². The van der Waals surface area contributed by atoms with Gasteiger partial charge in [-0.3, -0.25) is 14.5 Å². The van der Waals surface area contributed by atoms with Crippen LogP contribution < -0.4 is 10.2 Å². The van der Waals surface area contributed by atoms with Crippen molar-refractivity contribution in [2.75, 3.05) is 11.4 Å². The Morgan fingerprint density at radius 3 is 2.56 bits per heavy atom. The highest BCUT2D eigenvalue weighted by Gasteiger charge is 2.45. The van der Waals surface area contributed by atoms with Gasteiger partial charge in [-0.2, -0.15) is 13.2 Å². The fourth-order valence-electron chi connectivity index (χ4n) is 4.91. The first-order chi connectivity index (χ1) is 16.0. The third kappa shape index (κ3) is 4.81. The molecular formula is C25H27F3IN3O2. The first-order valence-corrected chi connectivity index (χ1v) is 12.9. The van der Waals surface area contributed by atoms with Crippen LogP contribution in [0.25, 0.3) is 0 Å². The highest BCUT2D eigenvalue weighted by atomic mass is 127. The Kier molecular flexibility index (Phi) is 6.94. The van der Waals surface area contributed by atoms with Crippen LogP contribution in [0.5, 0.6) is 0 Å². The number of amides is 2. The third-order valence-electron chi connectivity index (χ3n) is 6.94. The number of alkyl halides is 4. The summed E-state index contributed by atoms with van der Waals surface area (Å²) in [4.78, 5) is 32.1. The zero-order chi connectivity index (χ0) is 24.7. The molecule has 0 atom stereocenters. The molecule has 2 heterocycles. The van der Waals surface area contributed by atoms with Gasteiger partial charge in [-0.15, -0.1) is 0 Å². The van der Waals surface area contributed by atoms with Gasteiger partial charge in [-0.25, -0.2) is 4.98 Å². The number of benzene rings is 1. The van der Waals surface area contributed by atoms with Crippen LogP contribution in [0.3, 0.4) is 0 Å². The first-order valence-electron chi connectivity index (χ1n) is 11.4. The Bertz CT molecular complexity index is 1100. The minimum atomic E-state index is -4.49. The Labute approximate surface area is 210 Å². The number of hydrogen-bond donors (Lipinski definition) is 1. The van der Waals surface area contributed by atoms with Crippen molar-refractivity contribution in [2.45, 2.75) is 61.6 Å². The molecule has 0 bridgehead atoms. The van der Waals surface area contributed by atoms with E-state index in [1.807, 2.05) is 48.6 Å². The topological polar surface area (TPSA) is 62.3 Å². The molecule has 0 radical (unpaired) electrons. The van der Waals surface area contributed by atoms with Crippen molar-refractivity contribution < 1.29 is 22.8 Å². The normalized spacial score (nSPS) is 21.9. The average Bonchev–Trinajstić information content (AvgIpc) is 3.00. The van der Waals surface area contributed by atoms with E-state index >= 15 is 0 Å². The largest absolute Gasteiger partial charge is 0.416 e. The second kappa shape index (κ2) is 9.47. The van der Waals surface area contributed by atoms with Crippen molar-refractivity contribution in [2.24, 2.45) is 5.92 Å². The molecule has 1 aliphatic carbocycles.